The number of hydrogen-bond acceptors (Lipinski definition) is 5. The Morgan fingerprint density at radius 1 is 1.20 bits per heavy atom. The summed E-state index contributed by atoms with van der Waals surface area (Å²) < 4.78 is 10.8. The number of hydrogen-bond donors (Lipinski definition) is 2. The number of pyridine rings is 1. The lowest BCUT2D eigenvalue weighted by Crippen LogP contribution is -2.44. The van der Waals surface area contributed by atoms with Gasteiger partial charge in [0.1, 0.15) is 6.61 Å². The monoisotopic (exact) mass is 411 g/mol. The van der Waals surface area contributed by atoms with Gasteiger partial charge in [0.05, 0.1) is 6.61 Å². The molecular formula is C23H33N5O2. The number of benzene rings is 1. The summed E-state index contributed by atoms with van der Waals surface area (Å²) >= 11 is 0. The van der Waals surface area contributed by atoms with Crippen LogP contribution < -0.4 is 15.4 Å². The molecule has 3 rings (SSSR count). The second-order valence-electron chi connectivity index (χ2n) is 7.58. The molecule has 1 aliphatic rings. The largest absolute Gasteiger partial charge is 0.475 e. The summed E-state index contributed by atoms with van der Waals surface area (Å²) in [5.41, 5.74) is 2.34. The Hall–Kier alpha value is -2.64. The molecule has 0 aliphatic carbocycles. The molecule has 162 valence electrons. The van der Waals surface area contributed by atoms with Crippen molar-refractivity contribution in [2.45, 2.75) is 38.5 Å². The van der Waals surface area contributed by atoms with Gasteiger partial charge in [-0.2, -0.15) is 0 Å². The Bertz CT molecular complexity index is 799. The second-order valence-corrected chi connectivity index (χ2v) is 7.58. The molecule has 0 radical (unpaired) electrons. The molecule has 2 aromatic rings. The Kier molecular flexibility index (Phi) is 8.47. The van der Waals surface area contributed by atoms with Crippen LogP contribution in [0.5, 0.6) is 5.88 Å². The normalized spacial score (nSPS) is 19.6. The summed E-state index contributed by atoms with van der Waals surface area (Å²) in [7, 11) is 3.46. The summed E-state index contributed by atoms with van der Waals surface area (Å²) in [6, 6.07) is 15.5. The number of ether oxygens (including phenoxy) is 2. The van der Waals surface area contributed by atoms with Crippen LogP contribution in [-0.4, -0.2) is 61.8 Å². The van der Waals surface area contributed by atoms with Gasteiger partial charge in [0.2, 0.25) is 5.88 Å². The average Bonchev–Trinajstić information content (AvgIpc) is 3.11. The molecule has 7 heteroatoms. The van der Waals surface area contributed by atoms with E-state index in [2.05, 4.69) is 62.8 Å². The molecule has 2 heterocycles. The Balaban J connectivity index is 1.51. The second kappa shape index (κ2) is 11.5. The van der Waals surface area contributed by atoms with Crippen molar-refractivity contribution in [3.05, 3.63) is 59.8 Å². The van der Waals surface area contributed by atoms with Crippen molar-refractivity contribution in [1.29, 1.82) is 0 Å². The molecule has 0 bridgehead atoms. The van der Waals surface area contributed by atoms with Gasteiger partial charge in [0, 0.05) is 57.6 Å². The van der Waals surface area contributed by atoms with Crippen molar-refractivity contribution in [3.8, 4) is 5.88 Å². The number of aromatic nitrogens is 1. The standard InChI is InChI=1S/C23H33N5O2/c1-18-14-21(17-28(18)16-19-8-5-4-6-9-19)27-23(24-2)26-15-20-10-7-11-25-22(20)30-13-12-29-3/h4-11,18,21H,12-17H2,1-3H3,(H2,24,26,27). The van der Waals surface area contributed by atoms with E-state index in [0.717, 1.165) is 31.0 Å². The van der Waals surface area contributed by atoms with E-state index in [9.17, 15) is 0 Å². The van der Waals surface area contributed by atoms with Crippen molar-refractivity contribution < 1.29 is 9.47 Å². The number of likely N-dealkylation sites (tertiary alicyclic amines) is 1. The van der Waals surface area contributed by atoms with E-state index >= 15 is 0 Å². The number of nitrogens with one attached hydrogen (secondary N) is 2. The third-order valence-corrected chi connectivity index (χ3v) is 5.32. The lowest BCUT2D eigenvalue weighted by Gasteiger charge is -2.21. The molecule has 1 fully saturated rings. The summed E-state index contributed by atoms with van der Waals surface area (Å²) in [6.07, 6.45) is 2.83. The zero-order valence-corrected chi connectivity index (χ0v) is 18.2. The lowest BCUT2D eigenvalue weighted by atomic mass is 10.2. The van der Waals surface area contributed by atoms with Gasteiger partial charge >= 0.3 is 0 Å². The molecule has 1 aliphatic heterocycles. The number of methoxy groups -OCH3 is 1. The van der Waals surface area contributed by atoms with E-state index in [4.69, 9.17) is 9.47 Å². The van der Waals surface area contributed by atoms with Gasteiger partial charge in [0.25, 0.3) is 0 Å². The van der Waals surface area contributed by atoms with Crippen LogP contribution in [0.15, 0.2) is 53.7 Å². The van der Waals surface area contributed by atoms with Crippen LogP contribution in [0.2, 0.25) is 0 Å². The first-order valence-corrected chi connectivity index (χ1v) is 10.5. The predicted octanol–water partition coefficient (Wildman–Crippen LogP) is 2.43. The molecule has 1 aromatic carbocycles. The molecule has 30 heavy (non-hydrogen) atoms. The lowest BCUT2D eigenvalue weighted by molar-refractivity contribution is 0.143. The summed E-state index contributed by atoms with van der Waals surface area (Å²) in [6.45, 7) is 5.86. The van der Waals surface area contributed by atoms with Crippen molar-refractivity contribution in [1.82, 2.24) is 20.5 Å². The van der Waals surface area contributed by atoms with Crippen LogP contribution in [-0.2, 0) is 17.8 Å². The molecule has 0 amide bonds. The maximum atomic E-state index is 5.72. The highest BCUT2D eigenvalue weighted by Crippen LogP contribution is 2.20. The summed E-state index contributed by atoms with van der Waals surface area (Å²) in [5, 5.41) is 6.96. The number of aliphatic imine (C=N–C) groups is 1. The SMILES string of the molecule is CN=C(NCc1cccnc1OCCOC)NC1CC(C)N(Cc2ccccc2)C1. The first kappa shape index (κ1) is 22.1. The van der Waals surface area contributed by atoms with Crippen LogP contribution >= 0.6 is 0 Å². The van der Waals surface area contributed by atoms with Gasteiger partial charge in [-0.25, -0.2) is 4.98 Å². The quantitative estimate of drug-likeness (QED) is 0.375. The smallest absolute Gasteiger partial charge is 0.218 e. The number of nitrogens with zero attached hydrogens (tertiary/aromatic N) is 3. The van der Waals surface area contributed by atoms with Crippen LogP contribution in [0, 0.1) is 0 Å². The van der Waals surface area contributed by atoms with Gasteiger partial charge in [-0.05, 0) is 25.0 Å². The zero-order chi connectivity index (χ0) is 21.2. The highest BCUT2D eigenvalue weighted by molar-refractivity contribution is 5.80. The third kappa shape index (κ3) is 6.43. The fourth-order valence-electron chi connectivity index (χ4n) is 3.72. The van der Waals surface area contributed by atoms with Crippen LogP contribution in [0.1, 0.15) is 24.5 Å². The average molecular weight is 412 g/mol. The molecule has 7 nitrogen and oxygen atoms in total. The maximum Gasteiger partial charge on any atom is 0.218 e. The topological polar surface area (TPSA) is 71.0 Å². The first-order chi connectivity index (χ1) is 14.7. The number of rotatable bonds is 9. The first-order valence-electron chi connectivity index (χ1n) is 10.5. The van der Waals surface area contributed by atoms with Crippen LogP contribution in [0.25, 0.3) is 0 Å². The third-order valence-electron chi connectivity index (χ3n) is 5.32. The summed E-state index contributed by atoms with van der Waals surface area (Å²) in [5.74, 6) is 1.42. The molecule has 2 N–H and O–H groups in total. The number of guanidine groups is 1. The highest BCUT2D eigenvalue weighted by atomic mass is 16.5. The van der Waals surface area contributed by atoms with E-state index in [0.29, 0.717) is 37.7 Å². The maximum absolute atomic E-state index is 5.72. The Morgan fingerprint density at radius 3 is 2.80 bits per heavy atom. The van der Waals surface area contributed by atoms with Crippen LogP contribution in [0.3, 0.4) is 0 Å². The molecule has 1 saturated heterocycles. The fraction of sp³-hybridized carbons (Fsp3) is 0.478. The van der Waals surface area contributed by atoms with Gasteiger partial charge in [-0.3, -0.25) is 9.89 Å². The Morgan fingerprint density at radius 2 is 2.03 bits per heavy atom. The molecule has 0 saturated carbocycles. The van der Waals surface area contributed by atoms with E-state index in [1.165, 1.54) is 5.56 Å². The van der Waals surface area contributed by atoms with Crippen molar-refractivity contribution in [2.75, 3.05) is 33.9 Å². The fourth-order valence-corrected chi connectivity index (χ4v) is 3.72. The summed E-state index contributed by atoms with van der Waals surface area (Å²) in [4.78, 5) is 11.3. The zero-order valence-electron chi connectivity index (χ0n) is 18.2. The molecule has 2 atom stereocenters. The van der Waals surface area contributed by atoms with E-state index in [1.54, 1.807) is 20.4 Å². The predicted molar refractivity (Wildman–Crippen MR) is 120 cm³/mol. The molecule has 2 unspecified atom stereocenters. The highest BCUT2D eigenvalue weighted by Gasteiger charge is 2.29. The molecule has 1 aromatic heterocycles. The van der Waals surface area contributed by atoms with Gasteiger partial charge < -0.3 is 20.1 Å². The molecular weight excluding hydrogens is 378 g/mol. The van der Waals surface area contributed by atoms with Gasteiger partial charge in [0.15, 0.2) is 5.96 Å². The van der Waals surface area contributed by atoms with Gasteiger partial charge in [-0.15, -0.1) is 0 Å². The van der Waals surface area contributed by atoms with Crippen molar-refractivity contribution in [3.63, 3.8) is 0 Å². The van der Waals surface area contributed by atoms with Gasteiger partial charge in [-0.1, -0.05) is 36.4 Å². The van der Waals surface area contributed by atoms with Crippen molar-refractivity contribution in [2.24, 2.45) is 4.99 Å². The van der Waals surface area contributed by atoms with E-state index < -0.39 is 0 Å². The minimum absolute atomic E-state index is 0.362. The van der Waals surface area contributed by atoms with Crippen molar-refractivity contribution >= 4 is 5.96 Å². The van der Waals surface area contributed by atoms with E-state index in [1.807, 2.05) is 12.1 Å². The minimum atomic E-state index is 0.362. The molecule has 0 spiro atoms. The Labute approximate surface area is 179 Å². The van der Waals surface area contributed by atoms with Crippen LogP contribution in [0.4, 0.5) is 0 Å². The minimum Gasteiger partial charge on any atom is -0.475 e. The van der Waals surface area contributed by atoms with E-state index in [-0.39, 0.29) is 0 Å².